The quantitative estimate of drug-likeness (QED) is 0.267. The summed E-state index contributed by atoms with van der Waals surface area (Å²) < 4.78 is 26.1. The Kier molecular flexibility index (Phi) is 12.0. The van der Waals surface area contributed by atoms with E-state index >= 15 is 0 Å². The highest BCUT2D eigenvalue weighted by molar-refractivity contribution is 5.74. The second-order valence-electron chi connectivity index (χ2n) is 11.0. The highest BCUT2D eigenvalue weighted by atomic mass is 19.1. The number of nitrogens with zero attached hydrogens (tertiary/aromatic N) is 1. The molecule has 3 N–H and O–H groups in total. The predicted molar refractivity (Wildman–Crippen MR) is 153 cm³/mol. The second kappa shape index (κ2) is 15.2. The van der Waals surface area contributed by atoms with Crippen LogP contribution in [0.15, 0.2) is 48.5 Å². The molecule has 0 aliphatic carbocycles. The van der Waals surface area contributed by atoms with Crippen LogP contribution in [0.2, 0.25) is 0 Å². The number of halogens is 1. The van der Waals surface area contributed by atoms with E-state index in [1.807, 2.05) is 37.4 Å². The van der Waals surface area contributed by atoms with Crippen LogP contribution in [0, 0.1) is 17.7 Å². The largest absolute Gasteiger partial charge is 0.457 e. The summed E-state index contributed by atoms with van der Waals surface area (Å²) in [6, 6.07) is 13.5. The van der Waals surface area contributed by atoms with Gasteiger partial charge in [-0.25, -0.2) is 9.18 Å². The van der Waals surface area contributed by atoms with Gasteiger partial charge in [0.25, 0.3) is 0 Å². The van der Waals surface area contributed by atoms with E-state index in [4.69, 9.17) is 9.47 Å². The van der Waals surface area contributed by atoms with Crippen molar-refractivity contribution < 1.29 is 23.8 Å². The Balaban J connectivity index is 1.89. The van der Waals surface area contributed by atoms with E-state index in [2.05, 4.69) is 24.5 Å². The molecule has 1 fully saturated rings. The standard InChI is InChI=1S/C31H46FN3O4/c1-23(2)19-26(21-33-3)34-30(36)35-17-10-11-24(22-35)31(37,16-8-9-18-38-4)28-20-25(32)14-15-29(28)39-27-12-6-5-7-13-27/h5-7,12-15,20,23-24,26,33,37H,8-11,16-19,21-22H2,1-4H3,(H,34,36)/t24-,26?,31+/m1/s1. The van der Waals surface area contributed by atoms with Gasteiger partial charge < -0.3 is 30.1 Å². The minimum atomic E-state index is -1.39. The average molecular weight is 544 g/mol. The molecule has 2 amide bonds. The van der Waals surface area contributed by atoms with Crippen molar-refractivity contribution in [2.75, 3.05) is 40.4 Å². The lowest BCUT2D eigenvalue weighted by molar-refractivity contribution is -0.0577. The maximum Gasteiger partial charge on any atom is 0.317 e. The Morgan fingerprint density at radius 3 is 2.67 bits per heavy atom. The van der Waals surface area contributed by atoms with E-state index in [-0.39, 0.29) is 18.0 Å². The molecule has 2 aromatic rings. The third kappa shape index (κ3) is 8.92. The van der Waals surface area contributed by atoms with Gasteiger partial charge in [-0.15, -0.1) is 0 Å². The highest BCUT2D eigenvalue weighted by Crippen LogP contribution is 2.44. The van der Waals surface area contributed by atoms with Crippen LogP contribution in [-0.4, -0.2) is 62.5 Å². The molecule has 7 nitrogen and oxygen atoms in total. The Bertz CT molecular complexity index is 1020. The van der Waals surface area contributed by atoms with Crippen molar-refractivity contribution in [1.82, 2.24) is 15.5 Å². The summed E-state index contributed by atoms with van der Waals surface area (Å²) in [6.45, 7) is 6.55. The number of ether oxygens (including phenoxy) is 2. The number of methoxy groups -OCH3 is 1. The smallest absolute Gasteiger partial charge is 0.317 e. The number of likely N-dealkylation sites (N-methyl/N-ethyl adjacent to an activating group) is 1. The molecule has 8 heteroatoms. The second-order valence-corrected chi connectivity index (χ2v) is 11.0. The molecule has 0 spiro atoms. The van der Waals surface area contributed by atoms with Crippen molar-refractivity contribution >= 4 is 6.03 Å². The summed E-state index contributed by atoms with van der Waals surface area (Å²) in [6.07, 6.45) is 4.20. The number of benzene rings is 2. The number of rotatable bonds is 14. The van der Waals surface area contributed by atoms with Gasteiger partial charge in [-0.1, -0.05) is 32.0 Å². The summed E-state index contributed by atoms with van der Waals surface area (Å²) in [5.74, 6) is 0.759. The van der Waals surface area contributed by atoms with Crippen LogP contribution in [0.25, 0.3) is 0 Å². The van der Waals surface area contributed by atoms with Crippen molar-refractivity contribution in [2.45, 2.75) is 64.0 Å². The first kappa shape index (κ1) is 30.9. The van der Waals surface area contributed by atoms with Crippen molar-refractivity contribution in [2.24, 2.45) is 11.8 Å². The van der Waals surface area contributed by atoms with Crippen LogP contribution >= 0.6 is 0 Å². The number of carbonyl (C=O) groups is 1. The summed E-state index contributed by atoms with van der Waals surface area (Å²) in [4.78, 5) is 15.1. The highest BCUT2D eigenvalue weighted by Gasteiger charge is 2.43. The molecule has 2 aromatic carbocycles. The van der Waals surface area contributed by atoms with Gasteiger partial charge in [0, 0.05) is 50.9 Å². The number of amides is 2. The summed E-state index contributed by atoms with van der Waals surface area (Å²) >= 11 is 0. The zero-order chi connectivity index (χ0) is 28.3. The van der Waals surface area contributed by atoms with Crippen LogP contribution in [0.5, 0.6) is 11.5 Å². The van der Waals surface area contributed by atoms with E-state index in [1.54, 1.807) is 18.1 Å². The minimum absolute atomic E-state index is 0.0184. The molecule has 1 aliphatic rings. The molecular weight excluding hydrogens is 497 g/mol. The number of para-hydroxylation sites is 1. The summed E-state index contributed by atoms with van der Waals surface area (Å²) in [5, 5.41) is 18.8. The van der Waals surface area contributed by atoms with Crippen molar-refractivity contribution in [1.29, 1.82) is 0 Å². The van der Waals surface area contributed by atoms with Gasteiger partial charge in [0.1, 0.15) is 17.3 Å². The number of carbonyl (C=O) groups excluding carboxylic acids is 1. The normalized spacial score (nSPS) is 18.0. The van der Waals surface area contributed by atoms with Gasteiger partial charge >= 0.3 is 6.03 Å². The fourth-order valence-corrected chi connectivity index (χ4v) is 5.57. The zero-order valence-corrected chi connectivity index (χ0v) is 23.9. The molecule has 3 atom stereocenters. The van der Waals surface area contributed by atoms with E-state index in [9.17, 15) is 14.3 Å². The van der Waals surface area contributed by atoms with E-state index in [0.29, 0.717) is 62.1 Å². The van der Waals surface area contributed by atoms with Crippen LogP contribution in [0.1, 0.15) is 57.9 Å². The number of urea groups is 1. The molecule has 0 saturated carbocycles. The topological polar surface area (TPSA) is 83.1 Å². The molecule has 0 radical (unpaired) electrons. The number of hydrogen-bond acceptors (Lipinski definition) is 5. The predicted octanol–water partition coefficient (Wildman–Crippen LogP) is 5.68. The Morgan fingerprint density at radius 1 is 1.21 bits per heavy atom. The van der Waals surface area contributed by atoms with Gasteiger partial charge in [-0.2, -0.15) is 0 Å². The SMILES string of the molecule is CNCC(CC(C)C)NC(=O)N1CCC[C@@H]([C@@](O)(CCCCOC)c2cc(F)ccc2Oc2ccccc2)C1. The van der Waals surface area contributed by atoms with Gasteiger partial charge in [0.15, 0.2) is 0 Å². The molecule has 1 aliphatic heterocycles. The van der Waals surface area contributed by atoms with Crippen LogP contribution in [0.4, 0.5) is 9.18 Å². The molecular formula is C31H46FN3O4. The number of likely N-dealkylation sites (tertiary alicyclic amines) is 1. The van der Waals surface area contributed by atoms with Crippen LogP contribution in [0.3, 0.4) is 0 Å². The first-order valence-electron chi connectivity index (χ1n) is 14.2. The van der Waals surface area contributed by atoms with Crippen molar-refractivity contribution in [3.8, 4) is 11.5 Å². The molecule has 0 aromatic heterocycles. The first-order chi connectivity index (χ1) is 18.8. The van der Waals surface area contributed by atoms with Crippen molar-refractivity contribution in [3.63, 3.8) is 0 Å². The Morgan fingerprint density at radius 2 is 1.97 bits per heavy atom. The first-order valence-corrected chi connectivity index (χ1v) is 14.2. The zero-order valence-electron chi connectivity index (χ0n) is 23.9. The fraction of sp³-hybridized carbons (Fsp3) is 0.581. The Labute approximate surface area is 233 Å². The molecule has 39 heavy (non-hydrogen) atoms. The molecule has 1 unspecified atom stereocenters. The fourth-order valence-electron chi connectivity index (χ4n) is 5.57. The minimum Gasteiger partial charge on any atom is -0.457 e. The lowest BCUT2D eigenvalue weighted by Crippen LogP contribution is -2.54. The van der Waals surface area contributed by atoms with Crippen LogP contribution in [-0.2, 0) is 10.3 Å². The molecule has 0 bridgehead atoms. The van der Waals surface area contributed by atoms with E-state index < -0.39 is 11.4 Å². The number of nitrogens with one attached hydrogen (secondary N) is 2. The number of aliphatic hydroxyl groups is 1. The number of hydrogen-bond donors (Lipinski definition) is 3. The molecule has 216 valence electrons. The third-order valence-corrected chi connectivity index (χ3v) is 7.45. The van der Waals surface area contributed by atoms with E-state index in [0.717, 1.165) is 25.7 Å². The average Bonchev–Trinajstić information content (AvgIpc) is 2.92. The van der Waals surface area contributed by atoms with Crippen LogP contribution < -0.4 is 15.4 Å². The van der Waals surface area contributed by atoms with E-state index in [1.165, 1.54) is 12.1 Å². The van der Waals surface area contributed by atoms with Gasteiger partial charge in [0.2, 0.25) is 0 Å². The maximum atomic E-state index is 14.7. The van der Waals surface area contributed by atoms with Gasteiger partial charge in [-0.3, -0.25) is 0 Å². The lowest BCUT2D eigenvalue weighted by atomic mass is 9.73. The lowest BCUT2D eigenvalue weighted by Gasteiger charge is -2.43. The third-order valence-electron chi connectivity index (χ3n) is 7.45. The maximum absolute atomic E-state index is 14.7. The molecule has 1 heterocycles. The van der Waals surface area contributed by atoms with Gasteiger partial charge in [0.05, 0.1) is 5.60 Å². The molecule has 1 saturated heterocycles. The summed E-state index contributed by atoms with van der Waals surface area (Å²) in [7, 11) is 3.54. The molecule has 3 rings (SSSR count). The number of unbranched alkanes of at least 4 members (excludes halogenated alkanes) is 1. The monoisotopic (exact) mass is 543 g/mol. The Hall–Kier alpha value is -2.68. The van der Waals surface area contributed by atoms with Crippen molar-refractivity contribution in [3.05, 3.63) is 59.9 Å². The number of piperidine rings is 1. The van der Waals surface area contributed by atoms with Gasteiger partial charge in [-0.05, 0) is 81.8 Å². The summed E-state index contributed by atoms with van der Waals surface area (Å²) in [5.41, 5.74) is -0.967.